The zero-order valence-corrected chi connectivity index (χ0v) is 12.9. The van der Waals surface area contributed by atoms with Gasteiger partial charge in [0.15, 0.2) is 16.7 Å². The summed E-state index contributed by atoms with van der Waals surface area (Å²) < 4.78 is 11.6. The third kappa shape index (κ3) is 1.96. The van der Waals surface area contributed by atoms with Gasteiger partial charge in [-0.1, -0.05) is 30.3 Å². The first-order valence-electron chi connectivity index (χ1n) is 7.76. The largest absolute Gasteiger partial charge is 0.507 e. The SMILES string of the molecule is O=c1c2ccccc2oc2c1c(O)cc1oc(-c3ccccc3)nc12. The first-order valence-corrected chi connectivity index (χ1v) is 7.76. The number of phenolic OH excluding ortho intramolecular Hbond substituents is 1. The highest BCUT2D eigenvalue weighted by molar-refractivity contribution is 6.06. The molecular formula is C20H11NO4. The predicted molar refractivity (Wildman–Crippen MR) is 94.7 cm³/mol. The van der Waals surface area contributed by atoms with Crippen LogP contribution in [-0.2, 0) is 0 Å². The molecule has 5 rings (SSSR count). The van der Waals surface area contributed by atoms with Crippen molar-refractivity contribution in [3.05, 3.63) is 70.9 Å². The molecule has 2 heterocycles. The van der Waals surface area contributed by atoms with Crippen LogP contribution in [0.25, 0.3) is 44.5 Å². The van der Waals surface area contributed by atoms with Crippen molar-refractivity contribution in [1.82, 2.24) is 4.98 Å². The maximum Gasteiger partial charge on any atom is 0.227 e. The quantitative estimate of drug-likeness (QED) is 0.459. The number of nitrogens with zero attached hydrogens (tertiary/aromatic N) is 1. The summed E-state index contributed by atoms with van der Waals surface area (Å²) in [6.45, 7) is 0. The van der Waals surface area contributed by atoms with E-state index in [2.05, 4.69) is 4.98 Å². The summed E-state index contributed by atoms with van der Waals surface area (Å²) in [6, 6.07) is 17.7. The van der Waals surface area contributed by atoms with Crippen LogP contribution in [-0.4, -0.2) is 10.1 Å². The lowest BCUT2D eigenvalue weighted by Gasteiger charge is -2.03. The number of oxazole rings is 1. The number of aromatic nitrogens is 1. The fourth-order valence-corrected chi connectivity index (χ4v) is 3.03. The monoisotopic (exact) mass is 329 g/mol. The van der Waals surface area contributed by atoms with Gasteiger partial charge < -0.3 is 13.9 Å². The Hall–Kier alpha value is -3.60. The molecule has 0 unspecified atom stereocenters. The second-order valence-corrected chi connectivity index (χ2v) is 5.76. The van der Waals surface area contributed by atoms with Gasteiger partial charge >= 0.3 is 0 Å². The molecule has 0 atom stereocenters. The summed E-state index contributed by atoms with van der Waals surface area (Å²) in [7, 11) is 0. The minimum atomic E-state index is -0.291. The lowest BCUT2D eigenvalue weighted by atomic mass is 10.1. The average molecular weight is 329 g/mol. The molecule has 5 aromatic rings. The number of hydrogen-bond donors (Lipinski definition) is 1. The molecule has 0 aliphatic heterocycles. The second-order valence-electron chi connectivity index (χ2n) is 5.76. The minimum absolute atomic E-state index is 0.110. The van der Waals surface area contributed by atoms with Crippen molar-refractivity contribution in [2.75, 3.05) is 0 Å². The molecule has 25 heavy (non-hydrogen) atoms. The van der Waals surface area contributed by atoms with Crippen molar-refractivity contribution in [2.45, 2.75) is 0 Å². The topological polar surface area (TPSA) is 76.5 Å². The number of aromatic hydroxyl groups is 1. The molecule has 5 nitrogen and oxygen atoms in total. The van der Waals surface area contributed by atoms with Gasteiger partial charge in [0.05, 0.1) is 5.39 Å². The first-order chi connectivity index (χ1) is 12.2. The zero-order chi connectivity index (χ0) is 17.0. The molecule has 1 N–H and O–H groups in total. The van der Waals surface area contributed by atoms with E-state index in [0.717, 1.165) is 5.56 Å². The van der Waals surface area contributed by atoms with Crippen LogP contribution in [0, 0.1) is 0 Å². The highest BCUT2D eigenvalue weighted by atomic mass is 16.4. The molecule has 0 saturated carbocycles. The van der Waals surface area contributed by atoms with Crippen molar-refractivity contribution in [3.63, 3.8) is 0 Å². The van der Waals surface area contributed by atoms with Crippen molar-refractivity contribution >= 4 is 33.0 Å². The van der Waals surface area contributed by atoms with E-state index in [9.17, 15) is 9.90 Å². The van der Waals surface area contributed by atoms with Gasteiger partial charge in [-0.15, -0.1) is 0 Å². The van der Waals surface area contributed by atoms with E-state index in [1.165, 1.54) is 6.07 Å². The van der Waals surface area contributed by atoms with Gasteiger partial charge in [-0.3, -0.25) is 4.79 Å². The van der Waals surface area contributed by atoms with E-state index in [1.807, 2.05) is 30.3 Å². The van der Waals surface area contributed by atoms with Crippen LogP contribution in [0.3, 0.4) is 0 Å². The van der Waals surface area contributed by atoms with Crippen LogP contribution in [0.2, 0.25) is 0 Å². The number of rotatable bonds is 1. The molecule has 2 aromatic heterocycles. The van der Waals surface area contributed by atoms with Crippen molar-refractivity contribution in [1.29, 1.82) is 0 Å². The molecular weight excluding hydrogens is 318 g/mol. The predicted octanol–water partition coefficient (Wildman–Crippen LogP) is 4.46. The Morgan fingerprint density at radius 3 is 2.48 bits per heavy atom. The Morgan fingerprint density at radius 1 is 0.880 bits per heavy atom. The fourth-order valence-electron chi connectivity index (χ4n) is 3.03. The zero-order valence-electron chi connectivity index (χ0n) is 12.9. The Morgan fingerprint density at radius 2 is 1.64 bits per heavy atom. The van der Waals surface area contributed by atoms with E-state index >= 15 is 0 Å². The molecule has 120 valence electrons. The highest BCUT2D eigenvalue weighted by Gasteiger charge is 2.19. The standard InChI is InChI=1S/C20H11NO4/c22-13-10-15-17(21-20(25-15)11-6-2-1-3-7-11)19-16(13)18(23)12-8-4-5-9-14(12)24-19/h1-10,22H. The molecule has 0 aliphatic rings. The summed E-state index contributed by atoms with van der Waals surface area (Å²) in [4.78, 5) is 17.2. The number of fused-ring (bicyclic) bond motifs is 4. The minimum Gasteiger partial charge on any atom is -0.507 e. The summed E-state index contributed by atoms with van der Waals surface area (Å²) >= 11 is 0. The van der Waals surface area contributed by atoms with Crippen molar-refractivity contribution in [2.24, 2.45) is 0 Å². The molecule has 0 spiro atoms. The Balaban J connectivity index is 1.94. The van der Waals surface area contributed by atoms with Gasteiger partial charge in [-0.2, -0.15) is 0 Å². The molecule has 0 radical (unpaired) electrons. The van der Waals surface area contributed by atoms with Gasteiger partial charge in [-0.05, 0) is 24.3 Å². The number of benzene rings is 3. The number of para-hydroxylation sites is 1. The van der Waals surface area contributed by atoms with Crippen LogP contribution in [0.4, 0.5) is 0 Å². The van der Waals surface area contributed by atoms with Gasteiger partial charge in [0.25, 0.3) is 0 Å². The number of hydrogen-bond acceptors (Lipinski definition) is 5. The van der Waals surface area contributed by atoms with E-state index in [4.69, 9.17) is 8.83 Å². The Kier molecular flexibility index (Phi) is 2.73. The molecule has 0 fully saturated rings. The first kappa shape index (κ1) is 13.8. The molecule has 5 heteroatoms. The Bertz CT molecular complexity index is 1320. The van der Waals surface area contributed by atoms with Crippen LogP contribution in [0.5, 0.6) is 5.75 Å². The van der Waals surface area contributed by atoms with Gasteiger partial charge in [0.1, 0.15) is 16.7 Å². The fraction of sp³-hybridized carbons (Fsp3) is 0. The van der Waals surface area contributed by atoms with E-state index in [0.29, 0.717) is 28.0 Å². The second kappa shape index (κ2) is 4.95. The molecule has 0 amide bonds. The molecule has 0 aliphatic carbocycles. The van der Waals surface area contributed by atoms with Gasteiger partial charge in [0.2, 0.25) is 11.3 Å². The molecule has 0 bridgehead atoms. The lowest BCUT2D eigenvalue weighted by Crippen LogP contribution is -2.02. The smallest absolute Gasteiger partial charge is 0.227 e. The average Bonchev–Trinajstić information content (AvgIpc) is 3.07. The van der Waals surface area contributed by atoms with E-state index in [-0.39, 0.29) is 22.1 Å². The summed E-state index contributed by atoms with van der Waals surface area (Å²) in [5, 5.41) is 10.9. The lowest BCUT2D eigenvalue weighted by molar-refractivity contribution is 0.479. The third-order valence-corrected chi connectivity index (χ3v) is 4.21. The maximum atomic E-state index is 12.8. The maximum absolute atomic E-state index is 12.8. The summed E-state index contributed by atoms with van der Waals surface area (Å²) in [5.74, 6) is 0.219. The van der Waals surface area contributed by atoms with Crippen LogP contribution >= 0.6 is 0 Å². The Labute approximate surface area is 140 Å². The molecule has 0 saturated heterocycles. The summed E-state index contributed by atoms with van der Waals surface area (Å²) in [5.41, 5.74) is 1.95. The van der Waals surface area contributed by atoms with Gasteiger partial charge in [-0.25, -0.2) is 4.98 Å². The highest BCUT2D eigenvalue weighted by Crippen LogP contribution is 2.35. The molecule has 3 aromatic carbocycles. The normalized spacial score (nSPS) is 11.5. The van der Waals surface area contributed by atoms with Crippen molar-refractivity contribution < 1.29 is 13.9 Å². The van der Waals surface area contributed by atoms with Crippen LogP contribution < -0.4 is 5.43 Å². The van der Waals surface area contributed by atoms with Crippen molar-refractivity contribution in [3.8, 4) is 17.2 Å². The van der Waals surface area contributed by atoms with Crippen LogP contribution in [0.15, 0.2) is 74.3 Å². The van der Waals surface area contributed by atoms with E-state index in [1.54, 1.807) is 24.3 Å². The van der Waals surface area contributed by atoms with E-state index < -0.39 is 0 Å². The third-order valence-electron chi connectivity index (χ3n) is 4.21. The number of phenols is 1. The van der Waals surface area contributed by atoms with Crippen LogP contribution in [0.1, 0.15) is 0 Å². The van der Waals surface area contributed by atoms with Gasteiger partial charge in [0, 0.05) is 11.6 Å². The summed E-state index contributed by atoms with van der Waals surface area (Å²) in [6.07, 6.45) is 0.